The third-order valence-corrected chi connectivity index (χ3v) is 4.40. The number of para-hydroxylation sites is 1. The van der Waals surface area contributed by atoms with Crippen LogP contribution in [-0.4, -0.2) is 51.7 Å². The van der Waals surface area contributed by atoms with Crippen molar-refractivity contribution in [1.82, 2.24) is 15.6 Å². The van der Waals surface area contributed by atoms with E-state index in [1.807, 2.05) is 24.3 Å². The van der Waals surface area contributed by atoms with E-state index in [1.165, 1.54) is 0 Å². The summed E-state index contributed by atoms with van der Waals surface area (Å²) in [5, 5.41) is 15.3. The molecule has 2 rings (SSSR count). The van der Waals surface area contributed by atoms with E-state index in [0.29, 0.717) is 0 Å². The predicted molar refractivity (Wildman–Crippen MR) is 113 cm³/mol. The molecule has 10 heteroatoms. The first-order chi connectivity index (χ1) is 14.5. The fourth-order valence-electron chi connectivity index (χ4n) is 3.00. The van der Waals surface area contributed by atoms with Crippen molar-refractivity contribution in [2.24, 2.45) is 5.73 Å². The van der Waals surface area contributed by atoms with E-state index in [1.54, 1.807) is 27.0 Å². The standard InChI is InChI=1S/C21H28N4O6/c1-21(2,3)31-20(30)25-15(8-9-17(22)26)18(27)24-16(19(28)29)10-12-11-23-14-7-5-4-6-13(12)14/h4-7,11,15-16,23H,8-10H2,1-3H3,(H2,22,26)(H,24,27)(H,25,30)(H,28,29)/t15-,16-/m0/s1. The lowest BCUT2D eigenvalue weighted by atomic mass is 10.0. The molecule has 1 aromatic heterocycles. The zero-order valence-electron chi connectivity index (χ0n) is 17.7. The second-order valence-electron chi connectivity index (χ2n) is 8.17. The second kappa shape index (κ2) is 9.96. The van der Waals surface area contributed by atoms with Crippen LogP contribution < -0.4 is 16.4 Å². The van der Waals surface area contributed by atoms with Crippen molar-refractivity contribution in [3.63, 3.8) is 0 Å². The number of ether oxygens (including phenoxy) is 1. The number of nitrogens with two attached hydrogens (primary N) is 1. The number of hydrogen-bond donors (Lipinski definition) is 5. The van der Waals surface area contributed by atoms with E-state index in [0.717, 1.165) is 16.5 Å². The number of carboxylic acids is 1. The Morgan fingerprint density at radius 3 is 2.42 bits per heavy atom. The summed E-state index contributed by atoms with van der Waals surface area (Å²) in [7, 11) is 0. The smallest absolute Gasteiger partial charge is 0.408 e. The fraction of sp³-hybridized carbons (Fsp3) is 0.429. The van der Waals surface area contributed by atoms with Crippen LogP contribution >= 0.6 is 0 Å². The van der Waals surface area contributed by atoms with Gasteiger partial charge in [-0.1, -0.05) is 18.2 Å². The molecule has 0 aliphatic heterocycles. The van der Waals surface area contributed by atoms with Crippen LogP contribution in [0.25, 0.3) is 10.9 Å². The van der Waals surface area contributed by atoms with Gasteiger partial charge in [-0.05, 0) is 38.8 Å². The fourth-order valence-corrected chi connectivity index (χ4v) is 3.00. The van der Waals surface area contributed by atoms with Gasteiger partial charge in [-0.2, -0.15) is 0 Å². The number of aromatic nitrogens is 1. The molecule has 2 aromatic rings. The Hall–Kier alpha value is -3.56. The summed E-state index contributed by atoms with van der Waals surface area (Å²) in [6, 6.07) is 4.96. The van der Waals surface area contributed by atoms with Gasteiger partial charge in [-0.3, -0.25) is 9.59 Å². The summed E-state index contributed by atoms with van der Waals surface area (Å²) in [6.45, 7) is 4.98. The number of carbonyl (C=O) groups is 4. The first-order valence-electron chi connectivity index (χ1n) is 9.82. The molecule has 168 valence electrons. The predicted octanol–water partition coefficient (Wildman–Crippen LogP) is 1.44. The zero-order chi connectivity index (χ0) is 23.2. The maximum absolute atomic E-state index is 12.8. The third-order valence-electron chi connectivity index (χ3n) is 4.40. The quantitative estimate of drug-likeness (QED) is 0.402. The number of fused-ring (bicyclic) bond motifs is 1. The van der Waals surface area contributed by atoms with Crippen LogP contribution in [-0.2, 0) is 25.5 Å². The first kappa shape index (κ1) is 23.7. The molecule has 6 N–H and O–H groups in total. The van der Waals surface area contributed by atoms with Gasteiger partial charge in [0.2, 0.25) is 11.8 Å². The van der Waals surface area contributed by atoms with E-state index < -0.39 is 41.6 Å². The average molecular weight is 432 g/mol. The van der Waals surface area contributed by atoms with Gasteiger partial charge in [0.25, 0.3) is 0 Å². The number of aromatic amines is 1. The Balaban J connectivity index is 2.13. The third kappa shape index (κ3) is 7.32. The summed E-state index contributed by atoms with van der Waals surface area (Å²) < 4.78 is 5.14. The first-order valence-corrected chi connectivity index (χ1v) is 9.82. The minimum absolute atomic E-state index is 0.0278. The molecule has 0 aliphatic rings. The zero-order valence-corrected chi connectivity index (χ0v) is 17.7. The van der Waals surface area contributed by atoms with Crippen LogP contribution in [0.2, 0.25) is 0 Å². The van der Waals surface area contributed by atoms with Gasteiger partial charge in [0.05, 0.1) is 0 Å². The van der Waals surface area contributed by atoms with E-state index in [9.17, 15) is 24.3 Å². The average Bonchev–Trinajstić information content (AvgIpc) is 3.05. The molecule has 0 spiro atoms. The highest BCUT2D eigenvalue weighted by molar-refractivity contribution is 5.90. The number of benzene rings is 1. The lowest BCUT2D eigenvalue weighted by Gasteiger charge is -2.24. The van der Waals surface area contributed by atoms with E-state index in [-0.39, 0.29) is 19.3 Å². The summed E-state index contributed by atoms with van der Waals surface area (Å²) in [6.07, 6.45) is 0.588. The molecule has 0 saturated carbocycles. The molecule has 0 radical (unpaired) electrons. The highest BCUT2D eigenvalue weighted by Gasteiger charge is 2.29. The number of H-pyrrole nitrogens is 1. The molecular weight excluding hydrogens is 404 g/mol. The highest BCUT2D eigenvalue weighted by Crippen LogP contribution is 2.19. The molecule has 31 heavy (non-hydrogen) atoms. The lowest BCUT2D eigenvalue weighted by Crippen LogP contribution is -2.53. The largest absolute Gasteiger partial charge is 0.480 e. The second-order valence-corrected chi connectivity index (χ2v) is 8.17. The van der Waals surface area contributed by atoms with E-state index in [2.05, 4.69) is 15.6 Å². The molecule has 0 fully saturated rings. The van der Waals surface area contributed by atoms with Gasteiger partial charge in [0.15, 0.2) is 0 Å². The molecule has 2 atom stereocenters. The Kier molecular flexibility index (Phi) is 7.62. The van der Waals surface area contributed by atoms with Crippen molar-refractivity contribution >= 4 is 34.8 Å². The Labute approximate surface area is 179 Å². The molecule has 10 nitrogen and oxygen atoms in total. The van der Waals surface area contributed by atoms with Crippen molar-refractivity contribution < 1.29 is 29.0 Å². The number of alkyl carbamates (subject to hydrolysis) is 1. The lowest BCUT2D eigenvalue weighted by molar-refractivity contribution is -0.142. The number of carbonyl (C=O) groups excluding carboxylic acids is 3. The molecule has 0 aliphatic carbocycles. The molecule has 1 aromatic carbocycles. The topological polar surface area (TPSA) is 164 Å². The van der Waals surface area contributed by atoms with Crippen LogP contribution in [0.5, 0.6) is 0 Å². The monoisotopic (exact) mass is 432 g/mol. The van der Waals surface area contributed by atoms with Gasteiger partial charge in [0, 0.05) is 29.9 Å². The number of rotatable bonds is 9. The minimum Gasteiger partial charge on any atom is -0.480 e. The number of nitrogens with one attached hydrogen (secondary N) is 3. The van der Waals surface area contributed by atoms with Gasteiger partial charge in [-0.15, -0.1) is 0 Å². The molecule has 0 saturated heterocycles. The number of amides is 3. The van der Waals surface area contributed by atoms with Gasteiger partial charge in [-0.25, -0.2) is 9.59 Å². The Morgan fingerprint density at radius 1 is 1.13 bits per heavy atom. The van der Waals surface area contributed by atoms with Crippen LogP contribution in [0.3, 0.4) is 0 Å². The van der Waals surface area contributed by atoms with Crippen LogP contribution in [0.15, 0.2) is 30.5 Å². The SMILES string of the molecule is CC(C)(C)OC(=O)N[C@@H](CCC(N)=O)C(=O)N[C@@H](Cc1c[nH]c2ccccc12)C(=O)O. The normalized spacial score (nSPS) is 13.3. The number of carboxylic acid groups (broad SMARTS) is 1. The summed E-state index contributed by atoms with van der Waals surface area (Å²) in [5.41, 5.74) is 5.92. The van der Waals surface area contributed by atoms with Crippen molar-refractivity contribution in [2.45, 2.75) is 57.7 Å². The van der Waals surface area contributed by atoms with E-state index in [4.69, 9.17) is 10.5 Å². The highest BCUT2D eigenvalue weighted by atomic mass is 16.6. The summed E-state index contributed by atoms with van der Waals surface area (Å²) in [4.78, 5) is 50.8. The van der Waals surface area contributed by atoms with Gasteiger partial charge in [0.1, 0.15) is 17.7 Å². The maximum atomic E-state index is 12.8. The minimum atomic E-state index is -1.25. The molecular formula is C21H28N4O6. The summed E-state index contributed by atoms with van der Waals surface area (Å²) >= 11 is 0. The number of primary amides is 1. The van der Waals surface area contributed by atoms with E-state index >= 15 is 0 Å². The molecule has 0 bridgehead atoms. The van der Waals surface area contributed by atoms with Crippen molar-refractivity contribution in [3.8, 4) is 0 Å². The Bertz CT molecular complexity index is 962. The van der Waals surface area contributed by atoms with Gasteiger partial charge >= 0.3 is 12.1 Å². The number of aliphatic carboxylic acids is 1. The van der Waals surface area contributed by atoms with Gasteiger partial charge < -0.3 is 31.2 Å². The number of hydrogen-bond acceptors (Lipinski definition) is 5. The maximum Gasteiger partial charge on any atom is 0.408 e. The Morgan fingerprint density at radius 2 is 1.81 bits per heavy atom. The van der Waals surface area contributed by atoms with Crippen molar-refractivity contribution in [2.75, 3.05) is 0 Å². The van der Waals surface area contributed by atoms with Crippen molar-refractivity contribution in [3.05, 3.63) is 36.0 Å². The van der Waals surface area contributed by atoms with Crippen LogP contribution in [0.4, 0.5) is 4.79 Å². The van der Waals surface area contributed by atoms with Crippen LogP contribution in [0, 0.1) is 0 Å². The van der Waals surface area contributed by atoms with Crippen LogP contribution in [0.1, 0.15) is 39.2 Å². The summed E-state index contributed by atoms with van der Waals surface area (Å²) in [5.74, 6) is -2.64. The molecule has 0 unspecified atom stereocenters. The van der Waals surface area contributed by atoms with Crippen molar-refractivity contribution in [1.29, 1.82) is 0 Å². The molecule has 3 amide bonds. The molecule has 1 heterocycles.